The van der Waals surface area contributed by atoms with Gasteiger partial charge in [-0.2, -0.15) is 0 Å². The van der Waals surface area contributed by atoms with Crippen molar-refractivity contribution in [1.29, 1.82) is 0 Å². The average Bonchev–Trinajstić information content (AvgIpc) is 2.28. The second-order valence-corrected chi connectivity index (χ2v) is 3.39. The number of benzene rings is 2. The number of nitrogens with two attached hydrogens (primary N) is 1. The second kappa shape index (κ2) is 3.73. The summed E-state index contributed by atoms with van der Waals surface area (Å²) in [6.07, 6.45) is 0. The predicted octanol–water partition coefficient (Wildman–Crippen LogP) is 2.13. The summed E-state index contributed by atoms with van der Waals surface area (Å²) < 4.78 is 5.17. The molecule has 0 saturated heterocycles. The third-order valence-electron chi connectivity index (χ3n) is 2.50. The maximum absolute atomic E-state index is 10.9. The summed E-state index contributed by atoms with van der Waals surface area (Å²) in [5.41, 5.74) is 6.17. The Balaban J connectivity index is 2.86. The van der Waals surface area contributed by atoms with E-state index < -0.39 is 5.97 Å². The highest BCUT2D eigenvalue weighted by Crippen LogP contribution is 2.32. The van der Waals surface area contributed by atoms with Gasteiger partial charge in [-0.15, -0.1) is 0 Å². The van der Waals surface area contributed by atoms with E-state index in [1.165, 1.54) is 13.2 Å². The van der Waals surface area contributed by atoms with Crippen molar-refractivity contribution in [3.8, 4) is 5.75 Å². The molecule has 82 valence electrons. The first kappa shape index (κ1) is 10.3. The topological polar surface area (TPSA) is 72.5 Å². The molecule has 16 heavy (non-hydrogen) atoms. The smallest absolute Gasteiger partial charge is 0.337 e. The Kier molecular flexibility index (Phi) is 2.40. The fraction of sp³-hybridized carbons (Fsp3) is 0.0833. The molecule has 0 aliphatic carbocycles. The number of hydrogen-bond donors (Lipinski definition) is 2. The van der Waals surface area contributed by atoms with E-state index in [1.807, 2.05) is 12.1 Å². The standard InChI is InChI=1S/C12H11NO3/c1-16-9-4-2-3-7-5-6-8(12(14)15)11(13)10(7)9/h2-6H,13H2,1H3,(H,14,15). The lowest BCUT2D eigenvalue weighted by Crippen LogP contribution is -2.03. The van der Waals surface area contributed by atoms with Crippen molar-refractivity contribution in [3.63, 3.8) is 0 Å². The molecule has 4 heteroatoms. The van der Waals surface area contributed by atoms with E-state index >= 15 is 0 Å². The van der Waals surface area contributed by atoms with Crippen LogP contribution in [0.4, 0.5) is 5.69 Å². The molecule has 2 aromatic carbocycles. The first-order valence-corrected chi connectivity index (χ1v) is 4.73. The summed E-state index contributed by atoms with van der Waals surface area (Å²) in [5, 5.41) is 10.5. The molecule has 4 nitrogen and oxygen atoms in total. The Morgan fingerprint density at radius 1 is 1.31 bits per heavy atom. The summed E-state index contributed by atoms with van der Waals surface area (Å²) >= 11 is 0. The molecule has 2 aromatic rings. The Morgan fingerprint density at radius 2 is 2.06 bits per heavy atom. The van der Waals surface area contributed by atoms with Crippen LogP contribution in [0.3, 0.4) is 0 Å². The van der Waals surface area contributed by atoms with Crippen LogP contribution >= 0.6 is 0 Å². The molecule has 0 amide bonds. The van der Waals surface area contributed by atoms with E-state index in [2.05, 4.69) is 0 Å². The van der Waals surface area contributed by atoms with E-state index in [0.29, 0.717) is 11.1 Å². The molecule has 0 spiro atoms. The van der Waals surface area contributed by atoms with Gasteiger partial charge >= 0.3 is 5.97 Å². The molecular formula is C12H11NO3. The van der Waals surface area contributed by atoms with Crippen molar-refractivity contribution in [2.45, 2.75) is 0 Å². The molecule has 0 bridgehead atoms. The Bertz CT molecular complexity index is 563. The number of ether oxygens (including phenoxy) is 1. The van der Waals surface area contributed by atoms with E-state index in [-0.39, 0.29) is 11.3 Å². The summed E-state index contributed by atoms with van der Waals surface area (Å²) in [5.74, 6) is -0.455. The van der Waals surface area contributed by atoms with Gasteiger partial charge in [-0.05, 0) is 17.5 Å². The number of anilines is 1. The Labute approximate surface area is 92.3 Å². The molecular weight excluding hydrogens is 206 g/mol. The normalized spacial score (nSPS) is 10.3. The van der Waals surface area contributed by atoms with Crippen molar-refractivity contribution < 1.29 is 14.6 Å². The molecule has 0 aromatic heterocycles. The van der Waals surface area contributed by atoms with Crippen LogP contribution in [0.15, 0.2) is 30.3 Å². The largest absolute Gasteiger partial charge is 0.496 e. The molecule has 2 rings (SSSR count). The van der Waals surface area contributed by atoms with Gasteiger partial charge in [-0.25, -0.2) is 4.79 Å². The minimum absolute atomic E-state index is 0.0944. The van der Waals surface area contributed by atoms with Crippen molar-refractivity contribution in [2.75, 3.05) is 12.8 Å². The first-order chi connectivity index (χ1) is 7.65. The van der Waals surface area contributed by atoms with Gasteiger partial charge in [0.2, 0.25) is 0 Å². The highest BCUT2D eigenvalue weighted by Gasteiger charge is 2.13. The maximum Gasteiger partial charge on any atom is 0.337 e. The number of carboxylic acids is 1. The first-order valence-electron chi connectivity index (χ1n) is 4.73. The number of carbonyl (C=O) groups is 1. The number of methoxy groups -OCH3 is 1. The molecule has 0 saturated carbocycles. The van der Waals surface area contributed by atoms with Gasteiger partial charge in [0.05, 0.1) is 18.4 Å². The van der Waals surface area contributed by atoms with E-state index in [0.717, 1.165) is 5.39 Å². The maximum atomic E-state index is 10.9. The van der Waals surface area contributed by atoms with Gasteiger partial charge in [0, 0.05) is 5.39 Å². The minimum Gasteiger partial charge on any atom is -0.496 e. The Morgan fingerprint density at radius 3 is 2.69 bits per heavy atom. The fourth-order valence-corrected chi connectivity index (χ4v) is 1.73. The number of fused-ring (bicyclic) bond motifs is 1. The lowest BCUT2D eigenvalue weighted by atomic mass is 10.0. The average molecular weight is 217 g/mol. The lowest BCUT2D eigenvalue weighted by Gasteiger charge is -2.09. The van der Waals surface area contributed by atoms with Crippen molar-refractivity contribution >= 4 is 22.4 Å². The van der Waals surface area contributed by atoms with Crippen LogP contribution in [-0.4, -0.2) is 18.2 Å². The van der Waals surface area contributed by atoms with Crippen molar-refractivity contribution in [3.05, 3.63) is 35.9 Å². The number of nitrogen functional groups attached to an aromatic ring is 1. The van der Waals surface area contributed by atoms with Crippen molar-refractivity contribution in [1.82, 2.24) is 0 Å². The molecule has 0 aliphatic rings. The summed E-state index contributed by atoms with van der Waals surface area (Å²) in [4.78, 5) is 10.9. The van der Waals surface area contributed by atoms with Crippen molar-refractivity contribution in [2.24, 2.45) is 0 Å². The quantitative estimate of drug-likeness (QED) is 0.756. The van der Waals surface area contributed by atoms with E-state index in [1.54, 1.807) is 12.1 Å². The van der Waals surface area contributed by atoms with Crippen LogP contribution in [0.5, 0.6) is 5.75 Å². The lowest BCUT2D eigenvalue weighted by molar-refractivity contribution is 0.0698. The van der Waals surface area contributed by atoms with E-state index in [4.69, 9.17) is 15.6 Å². The zero-order chi connectivity index (χ0) is 11.7. The molecule has 0 fully saturated rings. The van der Waals surface area contributed by atoms with E-state index in [9.17, 15) is 4.79 Å². The third kappa shape index (κ3) is 1.44. The number of hydrogen-bond acceptors (Lipinski definition) is 3. The minimum atomic E-state index is -1.04. The third-order valence-corrected chi connectivity index (χ3v) is 2.50. The Hall–Kier alpha value is -2.23. The van der Waals surface area contributed by atoms with Crippen LogP contribution < -0.4 is 10.5 Å². The van der Waals surface area contributed by atoms with Gasteiger partial charge in [0.25, 0.3) is 0 Å². The number of rotatable bonds is 2. The van der Waals surface area contributed by atoms with Crippen LogP contribution in [0, 0.1) is 0 Å². The highest BCUT2D eigenvalue weighted by molar-refractivity contribution is 6.07. The highest BCUT2D eigenvalue weighted by atomic mass is 16.5. The molecule has 0 unspecified atom stereocenters. The van der Waals surface area contributed by atoms with Gasteiger partial charge in [0.1, 0.15) is 5.75 Å². The monoisotopic (exact) mass is 217 g/mol. The number of aromatic carboxylic acids is 1. The molecule has 0 radical (unpaired) electrons. The van der Waals surface area contributed by atoms with Gasteiger partial charge in [-0.1, -0.05) is 18.2 Å². The predicted molar refractivity (Wildman–Crippen MR) is 61.9 cm³/mol. The van der Waals surface area contributed by atoms with Gasteiger partial charge in [-0.3, -0.25) is 0 Å². The fourth-order valence-electron chi connectivity index (χ4n) is 1.73. The summed E-state index contributed by atoms with van der Waals surface area (Å²) in [6.45, 7) is 0. The van der Waals surface area contributed by atoms with Crippen LogP contribution in [0.1, 0.15) is 10.4 Å². The summed E-state index contributed by atoms with van der Waals surface area (Å²) in [6, 6.07) is 8.67. The molecule has 0 aliphatic heterocycles. The molecule has 3 N–H and O–H groups in total. The zero-order valence-corrected chi connectivity index (χ0v) is 8.73. The second-order valence-electron chi connectivity index (χ2n) is 3.39. The molecule has 0 heterocycles. The molecule has 0 atom stereocenters. The van der Waals surface area contributed by atoms with Crippen LogP contribution in [-0.2, 0) is 0 Å². The van der Waals surface area contributed by atoms with Gasteiger partial charge < -0.3 is 15.6 Å². The number of carboxylic acid groups (broad SMARTS) is 1. The van der Waals surface area contributed by atoms with Crippen LogP contribution in [0.25, 0.3) is 10.8 Å². The van der Waals surface area contributed by atoms with Crippen LogP contribution in [0.2, 0.25) is 0 Å². The SMILES string of the molecule is COc1cccc2ccc(C(=O)O)c(N)c12. The zero-order valence-electron chi connectivity index (χ0n) is 8.73. The van der Waals surface area contributed by atoms with Gasteiger partial charge in [0.15, 0.2) is 0 Å². The summed E-state index contributed by atoms with van der Waals surface area (Å²) in [7, 11) is 1.53.